The molecule has 42 heavy (non-hydrogen) atoms. The van der Waals surface area contributed by atoms with Crippen molar-refractivity contribution in [2.45, 2.75) is 102 Å². The second-order valence-corrected chi connectivity index (χ2v) is 12.6. The quantitative estimate of drug-likeness (QED) is 0.222. The number of phenols is 1. The summed E-state index contributed by atoms with van der Waals surface area (Å²) in [7, 11) is 1.49. The maximum absolute atomic E-state index is 13.3. The molecule has 5 N–H and O–H groups in total. The molecule has 4 rings (SSSR count). The predicted molar refractivity (Wildman–Crippen MR) is 160 cm³/mol. The van der Waals surface area contributed by atoms with E-state index in [2.05, 4.69) is 17.2 Å². The average molecular weight is 584 g/mol. The third-order valence-electron chi connectivity index (χ3n) is 9.79. The molecule has 232 valence electrons. The van der Waals surface area contributed by atoms with E-state index in [9.17, 15) is 30.0 Å². The van der Waals surface area contributed by atoms with Gasteiger partial charge in [0.15, 0.2) is 17.3 Å². The number of nitrogens with one attached hydrogen (secondary N) is 1. The summed E-state index contributed by atoms with van der Waals surface area (Å²) in [5.41, 5.74) is 1.73. The molecule has 0 spiro atoms. The molecule has 1 aromatic carbocycles. The number of fused-ring (bicyclic) bond motifs is 2. The van der Waals surface area contributed by atoms with Gasteiger partial charge in [0.2, 0.25) is 0 Å². The fourth-order valence-electron chi connectivity index (χ4n) is 7.37. The number of hydrogen-bond donors (Lipinski definition) is 5. The molecule has 1 heterocycles. The smallest absolute Gasteiger partial charge is 0.160 e. The van der Waals surface area contributed by atoms with Gasteiger partial charge in [-0.2, -0.15) is 0 Å². The van der Waals surface area contributed by atoms with Crippen molar-refractivity contribution in [3.63, 3.8) is 0 Å². The highest BCUT2D eigenvalue weighted by atomic mass is 16.5. The van der Waals surface area contributed by atoms with Crippen molar-refractivity contribution >= 4 is 11.6 Å². The first-order chi connectivity index (χ1) is 20.3. The second-order valence-electron chi connectivity index (χ2n) is 12.6. The zero-order valence-electron chi connectivity index (χ0n) is 25.0. The molecule has 1 aliphatic heterocycles. The summed E-state index contributed by atoms with van der Waals surface area (Å²) >= 11 is 0. The molecule has 2 fully saturated rings. The van der Waals surface area contributed by atoms with E-state index in [1.54, 1.807) is 12.1 Å². The summed E-state index contributed by atoms with van der Waals surface area (Å²) in [6.45, 7) is 1.07. The molecule has 0 radical (unpaired) electrons. The fraction of sp³-hybridized carbons (Fsp3) is 0.706. The molecule has 1 aromatic rings. The molecular formula is C34H49NO7. The highest BCUT2D eigenvalue weighted by Gasteiger charge is 2.37. The van der Waals surface area contributed by atoms with Crippen molar-refractivity contribution in [2.24, 2.45) is 23.7 Å². The predicted octanol–water partition coefficient (Wildman–Crippen LogP) is 3.66. The Hall–Kier alpha value is -2.44. The fourth-order valence-corrected chi connectivity index (χ4v) is 7.37. The van der Waals surface area contributed by atoms with Gasteiger partial charge in [-0.15, -0.1) is 0 Å². The second kappa shape index (κ2) is 15.9. The number of ketones is 2. The van der Waals surface area contributed by atoms with Crippen molar-refractivity contribution in [3.05, 3.63) is 23.3 Å². The number of aromatic hydroxyl groups is 1. The number of benzene rings is 1. The lowest BCUT2D eigenvalue weighted by Crippen LogP contribution is -2.50. The van der Waals surface area contributed by atoms with E-state index in [1.165, 1.54) is 7.11 Å². The van der Waals surface area contributed by atoms with Crippen molar-refractivity contribution in [2.75, 3.05) is 26.9 Å². The normalized spacial score (nSPS) is 27.4. The van der Waals surface area contributed by atoms with E-state index < -0.39 is 12.0 Å². The first-order valence-electron chi connectivity index (χ1n) is 15.9. The van der Waals surface area contributed by atoms with Crippen LogP contribution < -0.4 is 10.1 Å². The maximum Gasteiger partial charge on any atom is 0.160 e. The number of aliphatic hydroxyl groups is 3. The van der Waals surface area contributed by atoms with Gasteiger partial charge in [0, 0.05) is 44.4 Å². The Labute approximate surface area is 250 Å². The highest BCUT2D eigenvalue weighted by molar-refractivity contribution is 5.85. The van der Waals surface area contributed by atoms with Crippen molar-refractivity contribution in [1.29, 1.82) is 0 Å². The number of hydrogen-bond acceptors (Lipinski definition) is 8. The molecule has 8 nitrogen and oxygen atoms in total. The van der Waals surface area contributed by atoms with E-state index in [0.29, 0.717) is 73.9 Å². The van der Waals surface area contributed by atoms with Gasteiger partial charge < -0.3 is 30.5 Å². The Morgan fingerprint density at radius 3 is 2.57 bits per heavy atom. The van der Waals surface area contributed by atoms with E-state index in [-0.39, 0.29) is 37.1 Å². The number of phenolic OH excluding ortho intramolecular Hbond substituents is 1. The number of piperidine rings is 1. The molecule has 7 atom stereocenters. The van der Waals surface area contributed by atoms with Gasteiger partial charge in [-0.1, -0.05) is 24.7 Å². The topological polar surface area (TPSA) is 136 Å². The molecule has 3 aliphatic rings. The number of rotatable bonds is 13. The molecule has 8 heteroatoms. The van der Waals surface area contributed by atoms with Crippen molar-refractivity contribution in [3.8, 4) is 23.3 Å². The van der Waals surface area contributed by atoms with Crippen molar-refractivity contribution in [1.82, 2.24) is 5.32 Å². The minimum atomic E-state index is -0.871. The number of aliphatic hydroxyl groups excluding tert-OH is 3. The monoisotopic (exact) mass is 583 g/mol. The Kier molecular flexibility index (Phi) is 12.3. The Bertz CT molecular complexity index is 1120. The van der Waals surface area contributed by atoms with Gasteiger partial charge in [0.25, 0.3) is 0 Å². The summed E-state index contributed by atoms with van der Waals surface area (Å²) in [4.78, 5) is 25.2. The Morgan fingerprint density at radius 2 is 1.81 bits per heavy atom. The average Bonchev–Trinajstić information content (AvgIpc) is 3.05. The van der Waals surface area contributed by atoms with Crippen LogP contribution in [-0.4, -0.2) is 71.0 Å². The van der Waals surface area contributed by atoms with Gasteiger partial charge in [-0.05, 0) is 98.9 Å². The van der Waals surface area contributed by atoms with Gasteiger partial charge in [-0.25, -0.2) is 0 Å². The number of aryl methyl sites for hydroxylation is 1. The molecule has 1 saturated heterocycles. The standard InChI is InChI=1S/C34H49NO7/c1-42-34-18-24-11-14-32(40)28(13-10-23(7-4-16-37)29(24)20-33(34)41)31(39)8-2-5-22(6-3-15-36)26-17-25-9-12-27(38)19-30(25)35-21-26/h18,20,22-23,25-26,28,30-31,35-37,39,41H,2-9,11-12,14-17,19,21H2,1H3/t22-,23-,25+,26-,28-,30-,31-/m1/s1. The summed E-state index contributed by atoms with van der Waals surface area (Å²) in [5.74, 6) is 7.36. The third kappa shape index (κ3) is 8.35. The lowest BCUT2D eigenvalue weighted by atomic mass is 9.70. The van der Waals surface area contributed by atoms with Crippen molar-refractivity contribution < 1.29 is 34.8 Å². The summed E-state index contributed by atoms with van der Waals surface area (Å²) in [6, 6.07) is 3.72. The number of carbonyl (C=O) groups excluding carboxylic acids is 2. The molecule has 0 aromatic heterocycles. The van der Waals surface area contributed by atoms with Crippen LogP contribution in [0.15, 0.2) is 12.1 Å². The van der Waals surface area contributed by atoms with E-state index in [0.717, 1.165) is 56.2 Å². The SMILES string of the molecule is COc1cc2c(cc1O)[C@H](CCCO)C#C[C@H]([C@H](O)CCC[C@H](CCCO)[C@H]1CN[C@@H]3CC(=O)CC[C@H]3C1)C(=O)CC2. The van der Waals surface area contributed by atoms with Crippen LogP contribution in [0.2, 0.25) is 0 Å². The van der Waals surface area contributed by atoms with Gasteiger partial charge in [0.05, 0.1) is 13.2 Å². The summed E-state index contributed by atoms with van der Waals surface area (Å²) in [6.07, 6.45) is 8.16. The van der Waals surface area contributed by atoms with Crippen LogP contribution in [0.25, 0.3) is 0 Å². The minimum Gasteiger partial charge on any atom is -0.504 e. The van der Waals surface area contributed by atoms with Crippen LogP contribution in [0, 0.1) is 35.5 Å². The maximum atomic E-state index is 13.3. The van der Waals surface area contributed by atoms with Crippen LogP contribution in [0.5, 0.6) is 11.5 Å². The highest BCUT2D eigenvalue weighted by Crippen LogP contribution is 2.38. The van der Waals surface area contributed by atoms with Gasteiger partial charge in [-0.3, -0.25) is 9.59 Å². The van der Waals surface area contributed by atoms with Crippen LogP contribution in [0.3, 0.4) is 0 Å². The molecule has 1 saturated carbocycles. The zero-order chi connectivity index (χ0) is 30.1. The van der Waals surface area contributed by atoms with Crippen LogP contribution in [0.1, 0.15) is 94.1 Å². The number of carbonyl (C=O) groups is 2. The molecule has 0 unspecified atom stereocenters. The zero-order valence-corrected chi connectivity index (χ0v) is 25.0. The van der Waals surface area contributed by atoms with Crippen LogP contribution in [-0.2, 0) is 16.0 Å². The number of methoxy groups -OCH3 is 1. The third-order valence-corrected chi connectivity index (χ3v) is 9.79. The summed E-state index contributed by atoms with van der Waals surface area (Å²) < 4.78 is 5.30. The van der Waals surface area contributed by atoms with E-state index in [1.807, 2.05) is 0 Å². The Morgan fingerprint density at radius 1 is 1.02 bits per heavy atom. The molecule has 0 bridgehead atoms. The largest absolute Gasteiger partial charge is 0.504 e. The molecule has 2 aliphatic carbocycles. The minimum absolute atomic E-state index is 0.0191. The summed E-state index contributed by atoms with van der Waals surface area (Å²) in [5, 5.41) is 44.3. The van der Waals surface area contributed by atoms with Gasteiger partial charge >= 0.3 is 0 Å². The van der Waals surface area contributed by atoms with E-state index in [4.69, 9.17) is 4.74 Å². The Balaban J connectivity index is 1.41. The van der Waals surface area contributed by atoms with Gasteiger partial charge in [0.1, 0.15) is 11.7 Å². The lowest BCUT2D eigenvalue weighted by molar-refractivity contribution is -0.124. The number of Topliss-reactive ketones (excluding diaryl/α,β-unsaturated/α-hetero) is 2. The first kappa shape index (κ1) is 32.5. The lowest BCUT2D eigenvalue weighted by Gasteiger charge is -2.42. The van der Waals surface area contributed by atoms with Crippen LogP contribution in [0.4, 0.5) is 0 Å². The first-order valence-corrected chi connectivity index (χ1v) is 15.9. The van der Waals surface area contributed by atoms with E-state index >= 15 is 0 Å². The molecular weight excluding hydrogens is 534 g/mol. The number of ether oxygens (including phenoxy) is 1. The van der Waals surface area contributed by atoms with Crippen LogP contribution >= 0.6 is 0 Å². The molecule has 0 amide bonds.